The summed E-state index contributed by atoms with van der Waals surface area (Å²) in [4.78, 5) is 44.5. The summed E-state index contributed by atoms with van der Waals surface area (Å²) in [5.41, 5.74) is 4.07. The lowest BCUT2D eigenvalue weighted by Crippen LogP contribution is -2.21. The maximum Gasteiger partial charge on any atom is 0.196 e. The third kappa shape index (κ3) is 2.18. The second-order valence-electron chi connectivity index (χ2n) is 6.41. The zero-order chi connectivity index (χ0) is 18.5. The fraction of sp³-hybridized carbons (Fsp3) is 0. The van der Waals surface area contributed by atoms with Crippen LogP contribution in [0.5, 0.6) is 0 Å². The second kappa shape index (κ2) is 5.57. The van der Waals surface area contributed by atoms with Gasteiger partial charge in [-0.1, -0.05) is 48.5 Å². The number of rotatable bonds is 2. The maximum atomic E-state index is 13.1. The maximum absolute atomic E-state index is 13.1. The lowest BCUT2D eigenvalue weighted by atomic mass is 9.83. The molecular weight excluding hydrogens is 340 g/mol. The number of fused-ring (bicyclic) bond motifs is 4. The SMILES string of the molecule is O=Cc1ccc(-c2nc3c4c(ccc3[nH]2)C(=O)c2ccccc2C4=O)cc1. The molecule has 5 heteroatoms. The molecule has 0 spiro atoms. The standard InChI is InChI=1S/C22H12N2O3/c25-11-12-5-7-13(8-6-12)22-23-17-10-9-16-18(19(17)24-22)21(27)15-4-2-1-3-14(15)20(16)26/h1-11H,(H,23,24). The first kappa shape index (κ1) is 15.4. The van der Waals surface area contributed by atoms with E-state index in [0.717, 1.165) is 11.8 Å². The van der Waals surface area contributed by atoms with Crippen LogP contribution < -0.4 is 0 Å². The quantitative estimate of drug-likeness (QED) is 0.490. The number of H-pyrrole nitrogens is 1. The summed E-state index contributed by atoms with van der Waals surface area (Å²) < 4.78 is 0. The van der Waals surface area contributed by atoms with Crippen LogP contribution in [0.25, 0.3) is 22.4 Å². The van der Waals surface area contributed by atoms with Gasteiger partial charge in [0.25, 0.3) is 0 Å². The number of carbonyl (C=O) groups is 3. The number of carbonyl (C=O) groups excluding carboxylic acids is 3. The topological polar surface area (TPSA) is 79.9 Å². The molecule has 1 heterocycles. The van der Waals surface area contributed by atoms with Crippen molar-refractivity contribution in [2.24, 2.45) is 0 Å². The Balaban J connectivity index is 1.72. The molecule has 0 bridgehead atoms. The summed E-state index contributed by atoms with van der Waals surface area (Å²) in [6.07, 6.45) is 0.778. The zero-order valence-electron chi connectivity index (χ0n) is 14.0. The summed E-state index contributed by atoms with van der Waals surface area (Å²) in [6, 6.07) is 17.3. The van der Waals surface area contributed by atoms with Gasteiger partial charge >= 0.3 is 0 Å². The van der Waals surface area contributed by atoms with Crippen molar-refractivity contribution in [2.75, 3.05) is 0 Å². The van der Waals surface area contributed by atoms with Gasteiger partial charge in [-0.3, -0.25) is 14.4 Å². The van der Waals surface area contributed by atoms with Crippen LogP contribution in [0.15, 0.2) is 60.7 Å². The van der Waals surface area contributed by atoms with E-state index in [1.54, 1.807) is 60.7 Å². The van der Waals surface area contributed by atoms with Gasteiger partial charge in [0.05, 0.1) is 11.1 Å². The Labute approximate surface area is 153 Å². The van der Waals surface area contributed by atoms with Gasteiger partial charge in [-0.25, -0.2) is 4.98 Å². The number of benzene rings is 3. The van der Waals surface area contributed by atoms with E-state index < -0.39 is 0 Å². The van der Waals surface area contributed by atoms with Crippen LogP contribution in [0.3, 0.4) is 0 Å². The average Bonchev–Trinajstić information content (AvgIpc) is 3.16. The highest BCUT2D eigenvalue weighted by Crippen LogP contribution is 2.32. The summed E-state index contributed by atoms with van der Waals surface area (Å²) in [5.74, 6) is 0.220. The molecule has 4 aromatic rings. The average molecular weight is 352 g/mol. The van der Waals surface area contributed by atoms with Gasteiger partial charge in [-0.05, 0) is 12.1 Å². The van der Waals surface area contributed by atoms with Crippen LogP contribution in [0.4, 0.5) is 0 Å². The predicted octanol–water partition coefficient (Wildman–Crippen LogP) is 3.82. The van der Waals surface area contributed by atoms with E-state index >= 15 is 0 Å². The first-order valence-corrected chi connectivity index (χ1v) is 8.44. The Morgan fingerprint density at radius 2 is 1.48 bits per heavy atom. The van der Waals surface area contributed by atoms with Crippen LogP contribution in [0, 0.1) is 0 Å². The molecule has 5 nitrogen and oxygen atoms in total. The third-order valence-corrected chi connectivity index (χ3v) is 4.86. The molecule has 1 aliphatic carbocycles. The van der Waals surface area contributed by atoms with Gasteiger partial charge in [0, 0.05) is 27.8 Å². The van der Waals surface area contributed by atoms with E-state index in [9.17, 15) is 14.4 Å². The molecule has 1 aromatic heterocycles. The van der Waals surface area contributed by atoms with E-state index in [2.05, 4.69) is 9.97 Å². The van der Waals surface area contributed by atoms with Gasteiger partial charge in [-0.2, -0.15) is 0 Å². The van der Waals surface area contributed by atoms with Crippen molar-refractivity contribution in [2.45, 2.75) is 0 Å². The molecule has 0 radical (unpaired) electrons. The number of nitrogens with zero attached hydrogens (tertiary/aromatic N) is 1. The smallest absolute Gasteiger partial charge is 0.196 e. The van der Waals surface area contributed by atoms with Crippen LogP contribution in [0.2, 0.25) is 0 Å². The van der Waals surface area contributed by atoms with Crippen LogP contribution >= 0.6 is 0 Å². The highest BCUT2D eigenvalue weighted by molar-refractivity contribution is 6.31. The molecule has 0 unspecified atom stereocenters. The lowest BCUT2D eigenvalue weighted by molar-refractivity contribution is 0.0980. The fourth-order valence-corrected chi connectivity index (χ4v) is 3.51. The Kier molecular flexibility index (Phi) is 3.18. The van der Waals surface area contributed by atoms with Crippen molar-refractivity contribution in [1.82, 2.24) is 9.97 Å². The number of ketones is 2. The minimum Gasteiger partial charge on any atom is -0.338 e. The number of aromatic amines is 1. The van der Waals surface area contributed by atoms with Crippen molar-refractivity contribution >= 4 is 28.9 Å². The Bertz CT molecular complexity index is 1270. The molecule has 27 heavy (non-hydrogen) atoms. The number of hydrogen-bond acceptors (Lipinski definition) is 4. The monoisotopic (exact) mass is 352 g/mol. The largest absolute Gasteiger partial charge is 0.338 e. The molecule has 0 saturated heterocycles. The summed E-state index contributed by atoms with van der Waals surface area (Å²) in [5, 5.41) is 0. The first-order valence-electron chi connectivity index (χ1n) is 8.44. The number of nitrogens with one attached hydrogen (secondary N) is 1. The number of imidazole rings is 1. The molecular formula is C22H12N2O3. The van der Waals surface area contributed by atoms with Crippen molar-refractivity contribution in [3.63, 3.8) is 0 Å². The van der Waals surface area contributed by atoms with Crippen molar-refractivity contribution in [3.05, 3.63) is 88.5 Å². The molecule has 0 atom stereocenters. The molecule has 5 rings (SSSR count). The van der Waals surface area contributed by atoms with Crippen LogP contribution in [-0.4, -0.2) is 27.8 Å². The van der Waals surface area contributed by atoms with Crippen molar-refractivity contribution in [1.29, 1.82) is 0 Å². The first-order chi connectivity index (χ1) is 13.2. The predicted molar refractivity (Wildman–Crippen MR) is 100 cm³/mol. The molecule has 0 saturated carbocycles. The Morgan fingerprint density at radius 1 is 0.778 bits per heavy atom. The molecule has 0 amide bonds. The number of aromatic nitrogens is 2. The molecule has 0 aliphatic heterocycles. The van der Waals surface area contributed by atoms with Crippen LogP contribution in [-0.2, 0) is 0 Å². The fourth-order valence-electron chi connectivity index (χ4n) is 3.51. The van der Waals surface area contributed by atoms with Crippen molar-refractivity contribution < 1.29 is 14.4 Å². The number of hydrogen-bond donors (Lipinski definition) is 1. The van der Waals surface area contributed by atoms with E-state index in [1.165, 1.54) is 0 Å². The lowest BCUT2D eigenvalue weighted by Gasteiger charge is -2.17. The summed E-state index contributed by atoms with van der Waals surface area (Å²) in [6.45, 7) is 0. The molecule has 1 aliphatic rings. The Hall–Kier alpha value is -3.86. The third-order valence-electron chi connectivity index (χ3n) is 4.86. The Morgan fingerprint density at radius 3 is 2.19 bits per heavy atom. The minimum absolute atomic E-state index is 0.165. The van der Waals surface area contributed by atoms with E-state index in [4.69, 9.17) is 0 Å². The highest BCUT2D eigenvalue weighted by atomic mass is 16.1. The van der Waals surface area contributed by atoms with Gasteiger partial charge < -0.3 is 4.98 Å². The molecule has 128 valence electrons. The molecule has 3 aromatic carbocycles. The van der Waals surface area contributed by atoms with Gasteiger partial charge in [-0.15, -0.1) is 0 Å². The summed E-state index contributed by atoms with van der Waals surface area (Å²) >= 11 is 0. The summed E-state index contributed by atoms with van der Waals surface area (Å²) in [7, 11) is 0. The second-order valence-corrected chi connectivity index (χ2v) is 6.41. The van der Waals surface area contributed by atoms with Gasteiger partial charge in [0.1, 0.15) is 17.6 Å². The van der Waals surface area contributed by atoms with Crippen LogP contribution in [0.1, 0.15) is 42.2 Å². The van der Waals surface area contributed by atoms with E-state index in [-0.39, 0.29) is 11.6 Å². The van der Waals surface area contributed by atoms with Crippen molar-refractivity contribution in [3.8, 4) is 11.4 Å². The normalized spacial score (nSPS) is 12.7. The van der Waals surface area contributed by atoms with Gasteiger partial charge in [0.2, 0.25) is 0 Å². The van der Waals surface area contributed by atoms with Gasteiger partial charge in [0.15, 0.2) is 11.6 Å². The zero-order valence-corrected chi connectivity index (χ0v) is 14.0. The van der Waals surface area contributed by atoms with E-state index in [0.29, 0.717) is 44.7 Å². The number of aldehydes is 1. The molecule has 1 N–H and O–H groups in total. The molecule has 0 fully saturated rings. The minimum atomic E-state index is -0.194. The van der Waals surface area contributed by atoms with E-state index in [1.807, 2.05) is 0 Å². The highest BCUT2D eigenvalue weighted by Gasteiger charge is 2.32.